The molecule has 0 saturated carbocycles. The first-order valence-corrected chi connectivity index (χ1v) is 7.32. The summed E-state index contributed by atoms with van der Waals surface area (Å²) in [5, 5.41) is 3.53. The maximum Gasteiger partial charge on any atom is 0.231 e. The Morgan fingerprint density at radius 2 is 2.10 bits per heavy atom. The Morgan fingerprint density at radius 3 is 2.95 bits per heavy atom. The Balaban J connectivity index is 1.46. The number of rotatable bonds is 6. The molecule has 4 heteroatoms. The van der Waals surface area contributed by atoms with E-state index in [-0.39, 0.29) is 0 Å². The van der Waals surface area contributed by atoms with E-state index in [1.807, 2.05) is 18.3 Å². The van der Waals surface area contributed by atoms with Gasteiger partial charge in [0.1, 0.15) is 0 Å². The van der Waals surface area contributed by atoms with Gasteiger partial charge in [0.05, 0.1) is 0 Å². The lowest BCUT2D eigenvalue weighted by Crippen LogP contribution is -2.26. The molecule has 1 N–H and O–H groups in total. The number of fused-ring (bicyclic) bond motifs is 1. The monoisotopic (exact) mass is 284 g/mol. The predicted molar refractivity (Wildman–Crippen MR) is 81.4 cm³/mol. The summed E-state index contributed by atoms with van der Waals surface area (Å²) in [7, 11) is 0. The summed E-state index contributed by atoms with van der Waals surface area (Å²) in [5.74, 6) is 1.71. The van der Waals surface area contributed by atoms with Crippen LogP contribution in [0.5, 0.6) is 11.5 Å². The number of hydrogen-bond donors (Lipinski definition) is 1. The van der Waals surface area contributed by atoms with Gasteiger partial charge in [-0.05, 0) is 49.1 Å². The molecule has 1 aromatic heterocycles. The SMILES string of the molecule is CC(CCc1ccc2c(c1)OCO2)NCc1cccnc1. The second-order valence-electron chi connectivity index (χ2n) is 5.37. The fourth-order valence-electron chi connectivity index (χ4n) is 2.38. The van der Waals surface area contributed by atoms with Crippen LogP contribution in [-0.4, -0.2) is 17.8 Å². The predicted octanol–water partition coefficient (Wildman–Crippen LogP) is 2.92. The second-order valence-corrected chi connectivity index (χ2v) is 5.37. The molecular formula is C17H20N2O2. The molecule has 1 aromatic carbocycles. The van der Waals surface area contributed by atoms with Crippen LogP contribution in [0.15, 0.2) is 42.7 Å². The van der Waals surface area contributed by atoms with Crippen LogP contribution >= 0.6 is 0 Å². The van der Waals surface area contributed by atoms with E-state index < -0.39 is 0 Å². The lowest BCUT2D eigenvalue weighted by atomic mass is 10.1. The zero-order valence-corrected chi connectivity index (χ0v) is 12.2. The van der Waals surface area contributed by atoms with Crippen LogP contribution in [0.25, 0.3) is 0 Å². The fraction of sp³-hybridized carbons (Fsp3) is 0.353. The highest BCUT2D eigenvalue weighted by Crippen LogP contribution is 2.32. The summed E-state index contributed by atoms with van der Waals surface area (Å²) in [6.45, 7) is 3.40. The molecule has 0 saturated heterocycles. The van der Waals surface area contributed by atoms with Crippen molar-refractivity contribution in [2.24, 2.45) is 0 Å². The summed E-state index contributed by atoms with van der Waals surface area (Å²) in [6.07, 6.45) is 5.81. The van der Waals surface area contributed by atoms with Gasteiger partial charge in [-0.15, -0.1) is 0 Å². The molecule has 0 radical (unpaired) electrons. The van der Waals surface area contributed by atoms with Crippen LogP contribution in [0.4, 0.5) is 0 Å². The van der Waals surface area contributed by atoms with E-state index in [4.69, 9.17) is 9.47 Å². The molecule has 21 heavy (non-hydrogen) atoms. The minimum absolute atomic E-state index is 0.335. The highest BCUT2D eigenvalue weighted by Gasteiger charge is 2.13. The molecular weight excluding hydrogens is 264 g/mol. The molecule has 1 atom stereocenters. The number of benzene rings is 1. The van der Waals surface area contributed by atoms with Gasteiger partial charge >= 0.3 is 0 Å². The molecule has 1 unspecified atom stereocenters. The Kier molecular flexibility index (Phi) is 4.36. The highest BCUT2D eigenvalue weighted by molar-refractivity contribution is 5.44. The van der Waals surface area contributed by atoms with Gasteiger partial charge in [0.15, 0.2) is 11.5 Å². The van der Waals surface area contributed by atoms with Crippen molar-refractivity contribution in [3.63, 3.8) is 0 Å². The first-order chi connectivity index (χ1) is 10.3. The van der Waals surface area contributed by atoms with Crippen LogP contribution in [0.1, 0.15) is 24.5 Å². The van der Waals surface area contributed by atoms with Crippen molar-refractivity contribution >= 4 is 0 Å². The maximum atomic E-state index is 5.41. The minimum Gasteiger partial charge on any atom is -0.454 e. The third-order valence-electron chi connectivity index (χ3n) is 3.68. The molecule has 0 fully saturated rings. The number of nitrogens with zero attached hydrogens (tertiary/aromatic N) is 1. The van der Waals surface area contributed by atoms with Crippen molar-refractivity contribution in [3.05, 3.63) is 53.9 Å². The molecule has 0 aliphatic carbocycles. The summed E-state index contributed by atoms with van der Waals surface area (Å²) in [5.41, 5.74) is 2.50. The van der Waals surface area contributed by atoms with Gasteiger partial charge in [-0.2, -0.15) is 0 Å². The molecule has 1 aliphatic heterocycles. The Hall–Kier alpha value is -2.07. The fourth-order valence-corrected chi connectivity index (χ4v) is 2.38. The largest absolute Gasteiger partial charge is 0.454 e. The quantitative estimate of drug-likeness (QED) is 0.885. The number of hydrogen-bond acceptors (Lipinski definition) is 4. The number of nitrogens with one attached hydrogen (secondary N) is 1. The summed E-state index contributed by atoms with van der Waals surface area (Å²) in [4.78, 5) is 4.12. The molecule has 0 spiro atoms. The number of aromatic nitrogens is 1. The molecule has 0 bridgehead atoms. The van der Waals surface area contributed by atoms with Crippen molar-refractivity contribution < 1.29 is 9.47 Å². The molecule has 4 nitrogen and oxygen atoms in total. The summed E-state index contributed by atoms with van der Waals surface area (Å²) < 4.78 is 10.7. The van der Waals surface area contributed by atoms with Gasteiger partial charge in [0, 0.05) is 25.0 Å². The van der Waals surface area contributed by atoms with E-state index in [0.29, 0.717) is 12.8 Å². The topological polar surface area (TPSA) is 43.4 Å². The minimum atomic E-state index is 0.335. The highest BCUT2D eigenvalue weighted by atomic mass is 16.7. The van der Waals surface area contributed by atoms with E-state index in [0.717, 1.165) is 30.9 Å². The summed E-state index contributed by atoms with van der Waals surface area (Å²) >= 11 is 0. The number of aryl methyl sites for hydroxylation is 1. The molecule has 2 heterocycles. The summed E-state index contributed by atoms with van der Waals surface area (Å²) in [6, 6.07) is 10.7. The number of ether oxygens (including phenoxy) is 2. The van der Waals surface area contributed by atoms with Crippen molar-refractivity contribution in [1.82, 2.24) is 10.3 Å². The standard InChI is InChI=1S/C17H20N2O2/c1-13(19-11-15-3-2-8-18-10-15)4-5-14-6-7-16-17(9-14)21-12-20-16/h2-3,6-10,13,19H,4-5,11-12H2,1H3. The molecule has 0 amide bonds. The van der Waals surface area contributed by atoms with Crippen molar-refractivity contribution in [2.45, 2.75) is 32.4 Å². The van der Waals surface area contributed by atoms with E-state index in [9.17, 15) is 0 Å². The van der Waals surface area contributed by atoms with Gasteiger partial charge in [-0.1, -0.05) is 12.1 Å². The lowest BCUT2D eigenvalue weighted by molar-refractivity contribution is 0.174. The Morgan fingerprint density at radius 1 is 1.19 bits per heavy atom. The number of pyridine rings is 1. The molecule has 110 valence electrons. The molecule has 2 aromatic rings. The van der Waals surface area contributed by atoms with Crippen molar-refractivity contribution in [1.29, 1.82) is 0 Å². The van der Waals surface area contributed by atoms with Crippen molar-refractivity contribution in [3.8, 4) is 11.5 Å². The first-order valence-electron chi connectivity index (χ1n) is 7.32. The van der Waals surface area contributed by atoms with E-state index >= 15 is 0 Å². The normalized spacial score (nSPS) is 14.1. The Labute approximate surface area is 125 Å². The average Bonchev–Trinajstić information content (AvgIpc) is 2.99. The van der Waals surface area contributed by atoms with Crippen LogP contribution in [0.3, 0.4) is 0 Å². The Bertz CT molecular complexity index is 587. The second kappa shape index (κ2) is 6.59. The maximum absolute atomic E-state index is 5.41. The molecule has 3 rings (SSSR count). The van der Waals surface area contributed by atoms with Gasteiger partial charge in [0.2, 0.25) is 6.79 Å². The van der Waals surface area contributed by atoms with Gasteiger partial charge < -0.3 is 14.8 Å². The third kappa shape index (κ3) is 3.73. The lowest BCUT2D eigenvalue weighted by Gasteiger charge is -2.13. The van der Waals surface area contributed by atoms with E-state index in [1.54, 1.807) is 6.20 Å². The van der Waals surface area contributed by atoms with Crippen molar-refractivity contribution in [2.75, 3.05) is 6.79 Å². The zero-order valence-electron chi connectivity index (χ0n) is 12.2. The first kappa shape index (κ1) is 13.9. The van der Waals surface area contributed by atoms with Crippen LogP contribution in [0.2, 0.25) is 0 Å². The smallest absolute Gasteiger partial charge is 0.231 e. The van der Waals surface area contributed by atoms with Gasteiger partial charge in [-0.25, -0.2) is 0 Å². The van der Waals surface area contributed by atoms with Gasteiger partial charge in [-0.3, -0.25) is 4.98 Å². The van der Waals surface area contributed by atoms with Crippen LogP contribution in [0, 0.1) is 0 Å². The van der Waals surface area contributed by atoms with Gasteiger partial charge in [0.25, 0.3) is 0 Å². The third-order valence-corrected chi connectivity index (χ3v) is 3.68. The average molecular weight is 284 g/mol. The van der Waals surface area contributed by atoms with Crippen LogP contribution < -0.4 is 14.8 Å². The van der Waals surface area contributed by atoms with E-state index in [2.05, 4.69) is 35.4 Å². The van der Waals surface area contributed by atoms with Crippen LogP contribution in [-0.2, 0) is 13.0 Å². The van der Waals surface area contributed by atoms with E-state index in [1.165, 1.54) is 11.1 Å². The zero-order chi connectivity index (χ0) is 14.5. The molecule has 1 aliphatic rings.